The summed E-state index contributed by atoms with van der Waals surface area (Å²) in [4.78, 5) is 12.9. The van der Waals surface area contributed by atoms with Gasteiger partial charge in [-0.05, 0) is 112 Å². The summed E-state index contributed by atoms with van der Waals surface area (Å²) in [6.07, 6.45) is -13.3. The van der Waals surface area contributed by atoms with E-state index in [0.717, 1.165) is 19.3 Å². The molecule has 8 fully saturated rings. The van der Waals surface area contributed by atoms with Crippen molar-refractivity contribution in [2.45, 2.75) is 210 Å². The van der Waals surface area contributed by atoms with Crippen molar-refractivity contribution in [3.8, 4) is 0 Å². The molecule has 0 aromatic heterocycles. The Morgan fingerprint density at radius 3 is 2.07 bits per heavy atom. The van der Waals surface area contributed by atoms with Gasteiger partial charge in [-0.15, -0.1) is 0 Å². The molecule has 0 aromatic rings. The first-order valence-corrected chi connectivity index (χ1v) is 22.5. The van der Waals surface area contributed by atoms with Crippen LogP contribution in [0.15, 0.2) is 0 Å². The summed E-state index contributed by atoms with van der Waals surface area (Å²) >= 11 is 0. The summed E-state index contributed by atoms with van der Waals surface area (Å²) in [7, 11) is 0. The maximum atomic E-state index is 12.9. The molecule has 3 saturated heterocycles. The standard InChI is InChI=1S/C44H72O17/c1-19-27(50)29(52)31(54)36(56-19)60-32-30(53)28(51)23(16-45)58-37(32)59-25-9-10-44-18-43(44)12-11-40(6)34(42(8)14-21(48)35(61-42)39(4,5)55)22(57-26(49)17-46)15-41(40,7)24(43)13-20(47)33(44)38(25,2)3/h19-25,27-37,45-48,50-55H,9-18H2,1-8H3/t19-,20-,21-,22+,23+,24-,25-,27-,28+,29+,30-,31+,32+,33-,34-,35-,36-,37-,40+,41-,42-,43-,44+/m0/s1. The lowest BCUT2D eigenvalue weighted by Gasteiger charge is -2.64. The quantitative estimate of drug-likeness (QED) is 0.105. The largest absolute Gasteiger partial charge is 0.460 e. The lowest BCUT2D eigenvalue weighted by atomic mass is 9.41. The van der Waals surface area contributed by atoms with E-state index < -0.39 is 139 Å². The molecule has 0 unspecified atom stereocenters. The van der Waals surface area contributed by atoms with Gasteiger partial charge in [0.1, 0.15) is 61.5 Å². The first-order valence-electron chi connectivity index (χ1n) is 22.5. The second kappa shape index (κ2) is 15.2. The number of hydrogen-bond donors (Lipinski definition) is 10. The molecule has 61 heavy (non-hydrogen) atoms. The third-order valence-electron chi connectivity index (χ3n) is 18.3. The molecule has 0 aromatic carbocycles. The van der Waals surface area contributed by atoms with Gasteiger partial charge in [-0.1, -0.05) is 27.7 Å². The monoisotopic (exact) mass is 872 g/mol. The number of aliphatic hydroxyl groups excluding tert-OH is 9. The Labute approximate surface area is 357 Å². The first-order chi connectivity index (χ1) is 28.3. The van der Waals surface area contributed by atoms with Gasteiger partial charge in [0.25, 0.3) is 0 Å². The summed E-state index contributed by atoms with van der Waals surface area (Å²) in [6.45, 7) is 13.8. The second-order valence-electron chi connectivity index (χ2n) is 22.3. The Morgan fingerprint density at radius 1 is 0.754 bits per heavy atom. The zero-order valence-electron chi connectivity index (χ0n) is 36.8. The third kappa shape index (κ3) is 6.68. The van der Waals surface area contributed by atoms with E-state index in [4.69, 9.17) is 28.4 Å². The van der Waals surface area contributed by atoms with Crippen LogP contribution in [0.2, 0.25) is 0 Å². The molecule has 17 nitrogen and oxygen atoms in total. The fourth-order valence-corrected chi connectivity index (χ4v) is 15.6. The van der Waals surface area contributed by atoms with E-state index in [9.17, 15) is 55.9 Å². The Hall–Kier alpha value is -1.13. The van der Waals surface area contributed by atoms with Crippen LogP contribution in [0, 0.1) is 44.8 Å². The molecule has 8 aliphatic rings. The minimum Gasteiger partial charge on any atom is -0.460 e. The molecule has 5 aliphatic carbocycles. The van der Waals surface area contributed by atoms with Crippen molar-refractivity contribution < 1.29 is 84.3 Å². The minimum atomic E-state index is -1.70. The summed E-state index contributed by atoms with van der Waals surface area (Å²) < 4.78 is 37.3. The van der Waals surface area contributed by atoms with Gasteiger partial charge in [-0.25, -0.2) is 4.79 Å². The highest BCUT2D eigenvalue weighted by atomic mass is 16.8. The molecule has 0 bridgehead atoms. The number of fused-ring (bicyclic) bond motifs is 2. The topological polar surface area (TPSA) is 275 Å². The van der Waals surface area contributed by atoms with E-state index in [0.29, 0.717) is 25.7 Å². The van der Waals surface area contributed by atoms with Gasteiger partial charge in [-0.2, -0.15) is 0 Å². The van der Waals surface area contributed by atoms with Crippen LogP contribution in [-0.4, -0.2) is 173 Å². The van der Waals surface area contributed by atoms with Crippen molar-refractivity contribution in [2.24, 2.45) is 44.8 Å². The summed E-state index contributed by atoms with van der Waals surface area (Å²) in [5.74, 6) is -1.32. The molecule has 23 atom stereocenters. The normalized spacial score (nSPS) is 56.4. The maximum absolute atomic E-state index is 12.9. The number of hydrogen-bond acceptors (Lipinski definition) is 17. The molecule has 0 radical (unpaired) electrons. The Kier molecular flexibility index (Phi) is 11.6. The predicted molar refractivity (Wildman–Crippen MR) is 211 cm³/mol. The highest BCUT2D eigenvalue weighted by molar-refractivity contribution is 5.70. The Morgan fingerprint density at radius 2 is 1.44 bits per heavy atom. The van der Waals surface area contributed by atoms with Gasteiger partial charge in [0.15, 0.2) is 12.6 Å². The Balaban J connectivity index is 1.07. The zero-order valence-corrected chi connectivity index (χ0v) is 36.8. The number of esters is 1. The molecule has 0 amide bonds. The van der Waals surface area contributed by atoms with Crippen molar-refractivity contribution in [1.29, 1.82) is 0 Å². The van der Waals surface area contributed by atoms with E-state index in [1.807, 2.05) is 6.92 Å². The number of rotatable bonds is 9. The molecular weight excluding hydrogens is 800 g/mol. The van der Waals surface area contributed by atoms with E-state index in [1.54, 1.807) is 13.8 Å². The molecule has 3 heterocycles. The lowest BCUT2D eigenvalue weighted by molar-refractivity contribution is -0.376. The summed E-state index contributed by atoms with van der Waals surface area (Å²) in [6, 6.07) is 0. The van der Waals surface area contributed by atoms with Gasteiger partial charge in [-0.3, -0.25) is 0 Å². The van der Waals surface area contributed by atoms with Gasteiger partial charge in [0.2, 0.25) is 0 Å². The van der Waals surface area contributed by atoms with Crippen LogP contribution in [0.5, 0.6) is 0 Å². The van der Waals surface area contributed by atoms with Crippen LogP contribution in [0.1, 0.15) is 107 Å². The van der Waals surface area contributed by atoms with Crippen molar-refractivity contribution >= 4 is 5.97 Å². The zero-order chi connectivity index (χ0) is 44.8. The molecule has 17 heteroatoms. The van der Waals surface area contributed by atoms with Crippen molar-refractivity contribution in [1.82, 2.24) is 0 Å². The van der Waals surface area contributed by atoms with Crippen molar-refractivity contribution in [3.63, 3.8) is 0 Å². The average molecular weight is 873 g/mol. The average Bonchev–Trinajstić information content (AvgIpc) is 3.61. The summed E-state index contributed by atoms with van der Waals surface area (Å²) in [5, 5.41) is 108. The fourth-order valence-electron chi connectivity index (χ4n) is 15.6. The van der Waals surface area contributed by atoms with E-state index in [-0.39, 0.29) is 35.0 Å². The number of aliphatic hydroxyl groups is 10. The second-order valence-corrected chi connectivity index (χ2v) is 22.3. The van der Waals surface area contributed by atoms with Crippen LogP contribution >= 0.6 is 0 Å². The van der Waals surface area contributed by atoms with Crippen LogP contribution in [0.4, 0.5) is 0 Å². The number of carbonyl (C=O) groups excluding carboxylic acids is 1. The maximum Gasteiger partial charge on any atom is 0.332 e. The highest BCUT2D eigenvalue weighted by Gasteiger charge is 2.85. The molecular formula is C44H72O17. The molecule has 5 saturated carbocycles. The third-order valence-corrected chi connectivity index (χ3v) is 18.3. The van der Waals surface area contributed by atoms with Gasteiger partial charge in [0.05, 0.1) is 42.2 Å². The Bertz CT molecular complexity index is 1660. The number of carbonyl (C=O) groups is 1. The fraction of sp³-hybridized carbons (Fsp3) is 0.977. The molecule has 3 aliphatic heterocycles. The van der Waals surface area contributed by atoms with Crippen LogP contribution in [-0.2, 0) is 33.2 Å². The van der Waals surface area contributed by atoms with E-state index >= 15 is 0 Å². The summed E-state index contributed by atoms with van der Waals surface area (Å²) in [5.41, 5.74) is -4.33. The van der Waals surface area contributed by atoms with Crippen molar-refractivity contribution in [3.05, 3.63) is 0 Å². The van der Waals surface area contributed by atoms with E-state index in [1.165, 1.54) is 6.92 Å². The molecule has 10 N–H and O–H groups in total. The van der Waals surface area contributed by atoms with Crippen LogP contribution in [0.3, 0.4) is 0 Å². The van der Waals surface area contributed by atoms with Crippen LogP contribution < -0.4 is 0 Å². The first kappa shape index (κ1) is 46.4. The van der Waals surface area contributed by atoms with Crippen LogP contribution in [0.25, 0.3) is 0 Å². The molecule has 350 valence electrons. The van der Waals surface area contributed by atoms with Gasteiger partial charge in [0, 0.05) is 12.3 Å². The predicted octanol–water partition coefficient (Wildman–Crippen LogP) is -0.373. The van der Waals surface area contributed by atoms with Gasteiger partial charge < -0.3 is 79.5 Å². The molecule has 8 rings (SSSR count). The SMILES string of the molecule is C[C@@H]1O[C@@H](O[C@H]2[C@H](O[C@H]3CC[C@]45C[C@]46CC[C@]4(C)[C@@H]([C@]7(C)C[C@H](O)[C@@H](C(C)(C)O)O7)[C@H](OC(=O)CO)C[C@@]4(C)[C@@H]6C[C@H](O)[C@H]5C3(C)C)O[C@H](CO)[C@@H](O)[C@@H]2O)[C@H](O)[C@H](O)[C@H]1O. The highest BCUT2D eigenvalue weighted by Crippen LogP contribution is 2.89. The smallest absolute Gasteiger partial charge is 0.332 e. The molecule has 2 spiro atoms. The van der Waals surface area contributed by atoms with E-state index in [2.05, 4.69) is 27.7 Å². The number of ether oxygens (including phenoxy) is 6. The van der Waals surface area contributed by atoms with Crippen molar-refractivity contribution in [2.75, 3.05) is 13.2 Å². The van der Waals surface area contributed by atoms with Gasteiger partial charge >= 0.3 is 5.97 Å². The lowest BCUT2D eigenvalue weighted by Crippen LogP contribution is -2.66. The minimum absolute atomic E-state index is 0.0261.